The first-order valence-corrected chi connectivity index (χ1v) is 7.37. The summed E-state index contributed by atoms with van der Waals surface area (Å²) in [6.45, 7) is 1.41. The predicted molar refractivity (Wildman–Crippen MR) is 92.8 cm³/mol. The molecule has 0 aliphatic carbocycles. The largest absolute Gasteiger partial charge is 0.493 e. The van der Waals surface area contributed by atoms with E-state index in [1.807, 2.05) is 0 Å². The van der Waals surface area contributed by atoms with E-state index in [0.29, 0.717) is 22.9 Å². The normalized spacial score (nSPS) is 11.8. The smallest absolute Gasteiger partial charge is 0.344 e. The number of hydrogen-bond acceptors (Lipinski definition) is 8. The van der Waals surface area contributed by atoms with Crippen molar-refractivity contribution in [3.63, 3.8) is 0 Å². The zero-order chi connectivity index (χ0) is 19.1. The average Bonchev–Trinajstić information content (AvgIpc) is 2.63. The fraction of sp³-hybridized carbons (Fsp3) is 0.188. The Kier molecular flexibility index (Phi) is 6.04. The molecule has 10 nitrogen and oxygen atoms in total. The summed E-state index contributed by atoms with van der Waals surface area (Å²) in [6.07, 6.45) is 1.59. The molecule has 2 rings (SSSR count). The van der Waals surface area contributed by atoms with Crippen molar-refractivity contribution in [3.8, 4) is 11.5 Å². The number of carboxylic acid groups (broad SMARTS) is 1. The van der Waals surface area contributed by atoms with Crippen LogP contribution in [0.25, 0.3) is 0 Å². The van der Waals surface area contributed by atoms with Crippen LogP contribution < -0.4 is 14.9 Å². The van der Waals surface area contributed by atoms with Gasteiger partial charge in [-0.15, -0.1) is 0 Å². The molecule has 10 heteroatoms. The van der Waals surface area contributed by atoms with Crippen LogP contribution in [0.4, 0.5) is 11.5 Å². The molecule has 0 spiro atoms. The highest BCUT2D eigenvalue weighted by molar-refractivity contribution is 5.81. The Morgan fingerprint density at radius 2 is 2.15 bits per heavy atom. The van der Waals surface area contributed by atoms with Crippen molar-refractivity contribution >= 4 is 23.7 Å². The number of methoxy groups -OCH3 is 1. The van der Waals surface area contributed by atoms with E-state index < -0.39 is 17.0 Å². The minimum atomic E-state index is -1.09. The highest BCUT2D eigenvalue weighted by atomic mass is 16.6. The molecule has 0 amide bonds. The molecule has 1 heterocycles. The van der Waals surface area contributed by atoms with Crippen molar-refractivity contribution < 1.29 is 24.3 Å². The van der Waals surface area contributed by atoms with Gasteiger partial charge in [0, 0.05) is 6.07 Å². The first kappa shape index (κ1) is 18.6. The molecule has 2 N–H and O–H groups in total. The fourth-order valence-electron chi connectivity index (χ4n) is 1.84. The topological polar surface area (TPSA) is 136 Å². The monoisotopic (exact) mass is 360 g/mol. The molecule has 2 aromatic rings. The van der Waals surface area contributed by atoms with Gasteiger partial charge in [0.25, 0.3) is 5.69 Å². The Hall–Kier alpha value is -3.69. The van der Waals surface area contributed by atoms with Crippen LogP contribution in [0.2, 0.25) is 0 Å². The van der Waals surface area contributed by atoms with Crippen LogP contribution in [0.1, 0.15) is 12.5 Å². The number of benzene rings is 1. The number of anilines is 1. The molecular formula is C16H16N4O6. The average molecular weight is 360 g/mol. The number of rotatable bonds is 8. The van der Waals surface area contributed by atoms with Crippen LogP contribution in [0.5, 0.6) is 11.5 Å². The standard InChI is InChI=1S/C16H16N4O6/c1-10(16(21)22)26-13-5-3-11(7-14(13)25-2)8-18-19-15-6-4-12(9-17-15)20(23)24/h3-10H,1-2H3,(H,17,19)(H,21,22)/b18-8-/t10-/m0/s1. The zero-order valence-electron chi connectivity index (χ0n) is 13.9. The van der Waals surface area contributed by atoms with Gasteiger partial charge in [-0.05, 0) is 36.8 Å². The van der Waals surface area contributed by atoms with E-state index in [0.717, 1.165) is 6.20 Å². The van der Waals surface area contributed by atoms with Gasteiger partial charge in [0.2, 0.25) is 0 Å². The van der Waals surface area contributed by atoms with E-state index in [2.05, 4.69) is 15.5 Å². The molecule has 0 fully saturated rings. The second-order valence-corrected chi connectivity index (χ2v) is 5.04. The summed E-state index contributed by atoms with van der Waals surface area (Å²) < 4.78 is 10.5. The summed E-state index contributed by atoms with van der Waals surface area (Å²) in [5.74, 6) is -0.0911. The number of nitrogens with zero attached hydrogens (tertiary/aromatic N) is 3. The number of carboxylic acids is 1. The number of hydrogen-bond donors (Lipinski definition) is 2. The number of hydrazone groups is 1. The third kappa shape index (κ3) is 4.90. The van der Waals surface area contributed by atoms with Crippen LogP contribution in [0, 0.1) is 10.1 Å². The highest BCUT2D eigenvalue weighted by Gasteiger charge is 2.15. The van der Waals surface area contributed by atoms with Gasteiger partial charge in [0.15, 0.2) is 17.6 Å². The van der Waals surface area contributed by atoms with Crippen molar-refractivity contribution in [3.05, 3.63) is 52.2 Å². The molecule has 0 saturated heterocycles. The van der Waals surface area contributed by atoms with E-state index in [9.17, 15) is 14.9 Å². The number of aliphatic carboxylic acids is 1. The predicted octanol–water partition coefficient (Wildman–Crippen LogP) is 2.30. The molecule has 136 valence electrons. The summed E-state index contributed by atoms with van der Waals surface area (Å²) >= 11 is 0. The quantitative estimate of drug-likeness (QED) is 0.416. The molecule has 0 aliphatic heterocycles. The number of pyridine rings is 1. The molecule has 1 aromatic carbocycles. The lowest BCUT2D eigenvalue weighted by molar-refractivity contribution is -0.385. The Balaban J connectivity index is 2.05. The third-order valence-electron chi connectivity index (χ3n) is 3.19. The molecule has 26 heavy (non-hydrogen) atoms. The van der Waals surface area contributed by atoms with Crippen LogP contribution in [-0.2, 0) is 4.79 Å². The minimum Gasteiger partial charge on any atom is -0.493 e. The molecule has 0 unspecified atom stereocenters. The lowest BCUT2D eigenvalue weighted by Gasteiger charge is -2.14. The maximum absolute atomic E-state index is 10.9. The van der Waals surface area contributed by atoms with Gasteiger partial charge in [-0.2, -0.15) is 5.10 Å². The van der Waals surface area contributed by atoms with Gasteiger partial charge in [-0.3, -0.25) is 15.5 Å². The third-order valence-corrected chi connectivity index (χ3v) is 3.19. The minimum absolute atomic E-state index is 0.115. The first-order chi connectivity index (χ1) is 12.4. The number of nitro groups is 1. The number of ether oxygens (including phenoxy) is 2. The molecular weight excluding hydrogens is 344 g/mol. The van der Waals surface area contributed by atoms with E-state index in [1.165, 1.54) is 32.4 Å². The molecule has 1 atom stereocenters. The van der Waals surface area contributed by atoms with Crippen molar-refractivity contribution in [1.82, 2.24) is 4.98 Å². The lowest BCUT2D eigenvalue weighted by Crippen LogP contribution is -2.23. The number of nitrogens with one attached hydrogen (secondary N) is 1. The Labute approximate surface area is 148 Å². The first-order valence-electron chi connectivity index (χ1n) is 7.37. The molecule has 0 aliphatic rings. The second-order valence-electron chi connectivity index (χ2n) is 5.04. The molecule has 0 radical (unpaired) electrons. The summed E-state index contributed by atoms with van der Waals surface area (Å²) in [5, 5.41) is 23.4. The summed E-state index contributed by atoms with van der Waals surface area (Å²) in [7, 11) is 1.44. The van der Waals surface area contributed by atoms with Crippen molar-refractivity contribution in [2.75, 3.05) is 12.5 Å². The van der Waals surface area contributed by atoms with Crippen molar-refractivity contribution in [2.45, 2.75) is 13.0 Å². The molecule has 0 bridgehead atoms. The van der Waals surface area contributed by atoms with Crippen LogP contribution >= 0.6 is 0 Å². The van der Waals surface area contributed by atoms with Crippen molar-refractivity contribution in [2.24, 2.45) is 5.10 Å². The van der Waals surface area contributed by atoms with Crippen LogP contribution in [-0.4, -0.2) is 40.4 Å². The molecule has 1 aromatic heterocycles. The van der Waals surface area contributed by atoms with Gasteiger partial charge in [0.1, 0.15) is 12.0 Å². The van der Waals surface area contributed by atoms with Crippen LogP contribution in [0.3, 0.4) is 0 Å². The summed E-state index contributed by atoms with van der Waals surface area (Å²) in [6, 6.07) is 7.60. The van der Waals surface area contributed by atoms with Crippen LogP contribution in [0.15, 0.2) is 41.6 Å². The van der Waals surface area contributed by atoms with Gasteiger partial charge < -0.3 is 14.6 Å². The van der Waals surface area contributed by atoms with E-state index in [4.69, 9.17) is 14.6 Å². The number of aromatic nitrogens is 1. The SMILES string of the molecule is COc1cc(/C=N\Nc2ccc([N+](=O)[O-])cn2)ccc1O[C@@H](C)C(=O)O. The summed E-state index contributed by atoms with van der Waals surface area (Å²) in [5.41, 5.74) is 3.19. The van der Waals surface area contributed by atoms with Gasteiger partial charge in [-0.25, -0.2) is 9.78 Å². The maximum Gasteiger partial charge on any atom is 0.344 e. The molecule has 0 saturated carbocycles. The Morgan fingerprint density at radius 1 is 1.38 bits per heavy atom. The maximum atomic E-state index is 10.9. The van der Waals surface area contributed by atoms with E-state index in [1.54, 1.807) is 18.2 Å². The second kappa shape index (κ2) is 8.42. The van der Waals surface area contributed by atoms with Gasteiger partial charge >= 0.3 is 5.97 Å². The van der Waals surface area contributed by atoms with Gasteiger partial charge in [0.05, 0.1) is 18.2 Å². The highest BCUT2D eigenvalue weighted by Crippen LogP contribution is 2.28. The summed E-state index contributed by atoms with van der Waals surface area (Å²) in [4.78, 5) is 24.8. The van der Waals surface area contributed by atoms with E-state index in [-0.39, 0.29) is 5.69 Å². The Bertz CT molecular complexity index is 822. The number of carbonyl (C=O) groups is 1. The fourth-order valence-corrected chi connectivity index (χ4v) is 1.84. The lowest BCUT2D eigenvalue weighted by atomic mass is 10.2. The van der Waals surface area contributed by atoms with E-state index >= 15 is 0 Å². The zero-order valence-corrected chi connectivity index (χ0v) is 13.9. The Morgan fingerprint density at radius 3 is 2.73 bits per heavy atom. The van der Waals surface area contributed by atoms with Crippen molar-refractivity contribution in [1.29, 1.82) is 0 Å². The van der Waals surface area contributed by atoms with Gasteiger partial charge in [-0.1, -0.05) is 0 Å².